The van der Waals surface area contributed by atoms with Crippen LogP contribution in [0.4, 0.5) is 13.2 Å². The van der Waals surface area contributed by atoms with Crippen molar-refractivity contribution in [2.75, 3.05) is 7.11 Å². The molecule has 0 atom stereocenters. The molecule has 0 aliphatic heterocycles. The number of halogens is 3. The number of rotatable bonds is 5. The summed E-state index contributed by atoms with van der Waals surface area (Å²) in [5, 5.41) is 0. The molecule has 3 rings (SSSR count). The summed E-state index contributed by atoms with van der Waals surface area (Å²) in [6.07, 6.45) is -4.55. The molecule has 0 N–H and O–H groups in total. The van der Waals surface area contributed by atoms with Crippen LogP contribution >= 0.6 is 0 Å². The standard InChI is InChI=1S/C23H15F3O4/c1-30-22(29)17-11-9-15(10-12-17)20(27)14-5-7-16(8-6-14)21(28)18-3-2-4-19(13-18)23(24,25)26/h2-13H,1H3. The average Bonchev–Trinajstić information content (AvgIpc) is 2.77. The van der Waals surface area contributed by atoms with Gasteiger partial charge in [0.25, 0.3) is 0 Å². The van der Waals surface area contributed by atoms with E-state index in [0.717, 1.165) is 12.1 Å². The van der Waals surface area contributed by atoms with Crippen molar-refractivity contribution in [2.45, 2.75) is 6.18 Å². The Kier molecular flexibility index (Phi) is 5.82. The molecule has 0 fully saturated rings. The first-order chi connectivity index (χ1) is 14.2. The highest BCUT2D eigenvalue weighted by atomic mass is 19.4. The maximum atomic E-state index is 12.9. The Hall–Kier alpha value is -3.74. The molecule has 7 heteroatoms. The minimum Gasteiger partial charge on any atom is -0.465 e. The normalized spacial score (nSPS) is 11.1. The van der Waals surface area contributed by atoms with E-state index in [1.807, 2.05) is 0 Å². The lowest BCUT2D eigenvalue weighted by atomic mass is 9.97. The molecule has 3 aromatic rings. The predicted octanol–water partition coefficient (Wildman–Crippen LogP) is 4.95. The fourth-order valence-electron chi connectivity index (χ4n) is 2.82. The summed E-state index contributed by atoms with van der Waals surface area (Å²) in [6.45, 7) is 0. The van der Waals surface area contributed by atoms with E-state index in [1.54, 1.807) is 0 Å². The smallest absolute Gasteiger partial charge is 0.416 e. The van der Waals surface area contributed by atoms with Crippen molar-refractivity contribution in [1.29, 1.82) is 0 Å². The second kappa shape index (κ2) is 8.32. The highest BCUT2D eigenvalue weighted by Crippen LogP contribution is 2.30. The molecule has 3 aromatic carbocycles. The van der Waals surface area contributed by atoms with Gasteiger partial charge < -0.3 is 4.74 Å². The minimum atomic E-state index is -4.55. The van der Waals surface area contributed by atoms with Gasteiger partial charge in [0.15, 0.2) is 11.6 Å². The summed E-state index contributed by atoms with van der Waals surface area (Å²) in [7, 11) is 1.25. The van der Waals surface area contributed by atoms with Crippen LogP contribution in [0.5, 0.6) is 0 Å². The van der Waals surface area contributed by atoms with Gasteiger partial charge in [-0.3, -0.25) is 9.59 Å². The van der Waals surface area contributed by atoms with E-state index in [-0.39, 0.29) is 16.9 Å². The maximum Gasteiger partial charge on any atom is 0.416 e. The molecular weight excluding hydrogens is 397 g/mol. The SMILES string of the molecule is COC(=O)c1ccc(C(=O)c2ccc(C(=O)c3cccc(C(F)(F)F)c3)cc2)cc1. The summed E-state index contributed by atoms with van der Waals surface area (Å²) in [5.41, 5.74) is 0.0851. The molecule has 0 aliphatic rings. The molecule has 0 spiro atoms. The quantitative estimate of drug-likeness (QED) is 0.439. The minimum absolute atomic E-state index is 0.0951. The zero-order valence-corrected chi connectivity index (χ0v) is 15.7. The summed E-state index contributed by atoms with van der Waals surface area (Å²) in [5.74, 6) is -1.43. The molecule has 0 radical (unpaired) electrons. The topological polar surface area (TPSA) is 60.4 Å². The summed E-state index contributed by atoms with van der Waals surface area (Å²) < 4.78 is 43.2. The van der Waals surface area contributed by atoms with Gasteiger partial charge >= 0.3 is 12.1 Å². The van der Waals surface area contributed by atoms with Crippen molar-refractivity contribution in [3.8, 4) is 0 Å². The maximum absolute atomic E-state index is 12.9. The highest BCUT2D eigenvalue weighted by Gasteiger charge is 2.31. The first kappa shape index (κ1) is 21.0. The molecule has 152 valence electrons. The molecule has 0 amide bonds. The van der Waals surface area contributed by atoms with Crippen LogP contribution in [0.15, 0.2) is 72.8 Å². The fourth-order valence-corrected chi connectivity index (χ4v) is 2.82. The Morgan fingerprint density at radius 3 is 1.53 bits per heavy atom. The van der Waals surface area contributed by atoms with E-state index < -0.39 is 23.5 Å². The van der Waals surface area contributed by atoms with Gasteiger partial charge in [0.05, 0.1) is 18.2 Å². The Bertz CT molecular complexity index is 1100. The van der Waals surface area contributed by atoms with Crippen LogP contribution in [0.1, 0.15) is 47.8 Å². The van der Waals surface area contributed by atoms with Crippen LogP contribution < -0.4 is 0 Å². The molecule has 0 saturated carbocycles. The van der Waals surface area contributed by atoms with Gasteiger partial charge in [-0.2, -0.15) is 13.2 Å². The lowest BCUT2D eigenvalue weighted by Crippen LogP contribution is -2.08. The van der Waals surface area contributed by atoms with Crippen LogP contribution in [0, 0.1) is 0 Å². The number of hydrogen-bond acceptors (Lipinski definition) is 4. The Labute approximate surface area is 169 Å². The van der Waals surface area contributed by atoms with Crippen molar-refractivity contribution in [2.24, 2.45) is 0 Å². The van der Waals surface area contributed by atoms with Crippen LogP contribution in [-0.4, -0.2) is 24.6 Å². The van der Waals surface area contributed by atoms with E-state index in [1.165, 1.54) is 67.8 Å². The second-order valence-electron chi connectivity index (χ2n) is 6.38. The van der Waals surface area contributed by atoms with Crippen molar-refractivity contribution in [3.05, 3.63) is 106 Å². The van der Waals surface area contributed by atoms with Crippen LogP contribution in [0.2, 0.25) is 0 Å². The lowest BCUT2D eigenvalue weighted by molar-refractivity contribution is -0.137. The number of ketones is 2. The zero-order valence-electron chi connectivity index (χ0n) is 15.7. The molecule has 0 aromatic heterocycles. The summed E-state index contributed by atoms with van der Waals surface area (Å²) >= 11 is 0. The third-order valence-corrected chi connectivity index (χ3v) is 4.43. The number of esters is 1. The van der Waals surface area contributed by atoms with Gasteiger partial charge in [-0.15, -0.1) is 0 Å². The number of ether oxygens (including phenoxy) is 1. The molecule has 0 aliphatic carbocycles. The molecule has 30 heavy (non-hydrogen) atoms. The van der Waals surface area contributed by atoms with Gasteiger partial charge in [0.2, 0.25) is 0 Å². The number of hydrogen-bond donors (Lipinski definition) is 0. The summed E-state index contributed by atoms with van der Waals surface area (Å²) in [6, 6.07) is 15.7. The fraction of sp³-hybridized carbons (Fsp3) is 0.0870. The third-order valence-electron chi connectivity index (χ3n) is 4.43. The van der Waals surface area contributed by atoms with E-state index >= 15 is 0 Å². The van der Waals surface area contributed by atoms with Crippen molar-refractivity contribution in [3.63, 3.8) is 0 Å². The molecule has 0 bridgehead atoms. The monoisotopic (exact) mass is 412 g/mol. The first-order valence-corrected chi connectivity index (χ1v) is 8.76. The Morgan fingerprint density at radius 2 is 1.10 bits per heavy atom. The van der Waals surface area contributed by atoms with Gasteiger partial charge in [0, 0.05) is 22.3 Å². The highest BCUT2D eigenvalue weighted by molar-refractivity contribution is 6.12. The number of carbonyl (C=O) groups is 3. The number of alkyl halides is 3. The summed E-state index contributed by atoms with van der Waals surface area (Å²) in [4.78, 5) is 36.5. The first-order valence-electron chi connectivity index (χ1n) is 8.76. The Balaban J connectivity index is 1.80. The predicted molar refractivity (Wildman–Crippen MR) is 103 cm³/mol. The van der Waals surface area contributed by atoms with Crippen LogP contribution in [-0.2, 0) is 10.9 Å². The lowest BCUT2D eigenvalue weighted by Gasteiger charge is -2.08. The largest absolute Gasteiger partial charge is 0.465 e. The van der Waals surface area contributed by atoms with E-state index in [9.17, 15) is 27.6 Å². The number of benzene rings is 3. The molecular formula is C23H15F3O4. The molecule has 4 nitrogen and oxygen atoms in total. The van der Waals surface area contributed by atoms with Crippen molar-refractivity contribution < 1.29 is 32.3 Å². The van der Waals surface area contributed by atoms with Crippen LogP contribution in [0.25, 0.3) is 0 Å². The number of carbonyl (C=O) groups excluding carboxylic acids is 3. The van der Waals surface area contributed by atoms with E-state index in [2.05, 4.69) is 4.74 Å². The van der Waals surface area contributed by atoms with E-state index in [4.69, 9.17) is 0 Å². The molecule has 0 saturated heterocycles. The van der Waals surface area contributed by atoms with Crippen molar-refractivity contribution >= 4 is 17.5 Å². The second-order valence-corrected chi connectivity index (χ2v) is 6.38. The molecule has 0 heterocycles. The van der Waals surface area contributed by atoms with Gasteiger partial charge in [0.1, 0.15) is 0 Å². The van der Waals surface area contributed by atoms with Crippen molar-refractivity contribution in [1.82, 2.24) is 0 Å². The van der Waals surface area contributed by atoms with Gasteiger partial charge in [-0.1, -0.05) is 48.5 Å². The van der Waals surface area contributed by atoms with E-state index in [0.29, 0.717) is 16.7 Å². The average molecular weight is 412 g/mol. The Morgan fingerprint density at radius 1 is 0.667 bits per heavy atom. The van der Waals surface area contributed by atoms with Gasteiger partial charge in [-0.05, 0) is 24.3 Å². The number of methoxy groups -OCH3 is 1. The zero-order chi connectivity index (χ0) is 21.9. The third kappa shape index (κ3) is 4.46. The molecule has 0 unspecified atom stereocenters. The van der Waals surface area contributed by atoms with Gasteiger partial charge in [-0.25, -0.2) is 4.79 Å². The van der Waals surface area contributed by atoms with Crippen LogP contribution in [0.3, 0.4) is 0 Å².